The van der Waals surface area contributed by atoms with Crippen molar-refractivity contribution in [3.63, 3.8) is 0 Å². The van der Waals surface area contributed by atoms with Crippen molar-refractivity contribution in [1.82, 2.24) is 9.78 Å². The maximum Gasteiger partial charge on any atom is 0.306 e. The lowest BCUT2D eigenvalue weighted by Gasteiger charge is -2.22. The topological polar surface area (TPSA) is 84.4 Å². The number of aliphatic hydroxyl groups excluding tert-OH is 1. The highest BCUT2D eigenvalue weighted by molar-refractivity contribution is 5.58. The Bertz CT molecular complexity index is 703. The molecule has 0 aliphatic carbocycles. The molecule has 0 unspecified atom stereocenters. The third kappa shape index (κ3) is 2.91. The molecule has 0 saturated heterocycles. The molecule has 1 atom stereocenters. The van der Waals surface area contributed by atoms with E-state index in [1.54, 1.807) is 6.07 Å². The predicted molar refractivity (Wildman–Crippen MR) is 77.2 cm³/mol. The quantitative estimate of drug-likeness (QED) is 0.666. The van der Waals surface area contributed by atoms with Gasteiger partial charge in [0.2, 0.25) is 0 Å². The third-order valence-electron chi connectivity index (χ3n) is 3.70. The zero-order valence-electron chi connectivity index (χ0n) is 11.7. The van der Waals surface area contributed by atoms with Crippen molar-refractivity contribution in [1.29, 1.82) is 0 Å². The first kappa shape index (κ1) is 14.5. The molecule has 1 aliphatic rings. The molecule has 1 aromatic carbocycles. The zero-order chi connectivity index (χ0) is 15.7. The number of halogens is 1. The second kappa shape index (κ2) is 5.72. The lowest BCUT2D eigenvalue weighted by molar-refractivity contribution is -0.385. The summed E-state index contributed by atoms with van der Waals surface area (Å²) in [5, 5.41) is 24.6. The van der Waals surface area contributed by atoms with Gasteiger partial charge >= 0.3 is 5.69 Å². The molecule has 22 heavy (non-hydrogen) atoms. The fourth-order valence-electron chi connectivity index (χ4n) is 2.68. The number of benzene rings is 1. The van der Waals surface area contributed by atoms with Gasteiger partial charge in [-0.25, -0.2) is 4.39 Å². The molecule has 0 radical (unpaired) electrons. The van der Waals surface area contributed by atoms with Crippen LogP contribution >= 0.6 is 0 Å². The van der Waals surface area contributed by atoms with Gasteiger partial charge in [0.05, 0.1) is 17.6 Å². The van der Waals surface area contributed by atoms with Gasteiger partial charge in [-0.1, -0.05) is 6.07 Å². The minimum absolute atomic E-state index is 0.110. The summed E-state index contributed by atoms with van der Waals surface area (Å²) in [5.74, 6) is -0.303. The molecule has 0 amide bonds. The van der Waals surface area contributed by atoms with Gasteiger partial charge in [0.25, 0.3) is 0 Å². The van der Waals surface area contributed by atoms with Crippen LogP contribution in [-0.2, 0) is 13.0 Å². The van der Waals surface area contributed by atoms with Crippen LogP contribution in [0.3, 0.4) is 0 Å². The highest BCUT2D eigenvalue weighted by atomic mass is 19.1. The van der Waals surface area contributed by atoms with Crippen molar-refractivity contribution in [2.45, 2.75) is 19.1 Å². The Morgan fingerprint density at radius 2 is 2.27 bits per heavy atom. The number of aliphatic hydroxyl groups is 1. The minimum atomic E-state index is -0.756. The van der Waals surface area contributed by atoms with Gasteiger partial charge in [-0.05, 0) is 24.1 Å². The zero-order valence-corrected chi connectivity index (χ0v) is 11.7. The third-order valence-corrected chi connectivity index (χ3v) is 3.70. The molecule has 0 saturated carbocycles. The van der Waals surface area contributed by atoms with E-state index in [1.165, 1.54) is 23.0 Å². The number of β-amino-alcohol motifs (C(OH)–C–C–N with tert-alkyl or cyclic N) is 1. The largest absolute Gasteiger partial charge is 0.389 e. The first-order valence-corrected chi connectivity index (χ1v) is 6.91. The molecule has 2 aromatic rings. The van der Waals surface area contributed by atoms with E-state index in [-0.39, 0.29) is 18.0 Å². The fraction of sp³-hybridized carbons (Fsp3) is 0.357. The van der Waals surface area contributed by atoms with Crippen LogP contribution in [0.25, 0.3) is 0 Å². The van der Waals surface area contributed by atoms with Crippen LogP contribution in [0, 0.1) is 15.9 Å². The maximum atomic E-state index is 13.3. The average Bonchev–Trinajstić information content (AvgIpc) is 3.07. The summed E-state index contributed by atoms with van der Waals surface area (Å²) in [7, 11) is 0. The van der Waals surface area contributed by atoms with E-state index in [0.717, 1.165) is 30.4 Å². The SMILES string of the molecule is O=[N+]([O-])c1cnn(C[C@@H](O)CN2CCc3ccc(F)cc32)c1. The van der Waals surface area contributed by atoms with E-state index < -0.39 is 11.0 Å². The number of aromatic nitrogens is 2. The maximum absolute atomic E-state index is 13.3. The fourth-order valence-corrected chi connectivity index (χ4v) is 2.68. The van der Waals surface area contributed by atoms with Crippen molar-refractivity contribution < 1.29 is 14.4 Å². The van der Waals surface area contributed by atoms with Crippen LogP contribution in [-0.4, -0.2) is 39.0 Å². The van der Waals surface area contributed by atoms with Crippen LogP contribution < -0.4 is 4.90 Å². The van der Waals surface area contributed by atoms with Crippen LogP contribution in [0.2, 0.25) is 0 Å². The molecular formula is C14H15FN4O3. The number of nitrogens with zero attached hydrogens (tertiary/aromatic N) is 4. The molecule has 3 rings (SSSR count). The van der Waals surface area contributed by atoms with Crippen LogP contribution in [0.15, 0.2) is 30.6 Å². The summed E-state index contributed by atoms with van der Waals surface area (Å²) in [6.07, 6.45) is 2.48. The minimum Gasteiger partial charge on any atom is -0.389 e. The van der Waals surface area contributed by atoms with Gasteiger partial charge in [0, 0.05) is 18.8 Å². The molecular weight excluding hydrogens is 291 g/mol. The van der Waals surface area contributed by atoms with Crippen molar-refractivity contribution in [2.75, 3.05) is 18.0 Å². The Morgan fingerprint density at radius 3 is 3.00 bits per heavy atom. The van der Waals surface area contributed by atoms with Gasteiger partial charge in [0.15, 0.2) is 0 Å². The van der Waals surface area contributed by atoms with Crippen molar-refractivity contribution >= 4 is 11.4 Å². The molecule has 0 spiro atoms. The lowest BCUT2D eigenvalue weighted by Crippen LogP contribution is -2.33. The highest BCUT2D eigenvalue weighted by Crippen LogP contribution is 2.28. The smallest absolute Gasteiger partial charge is 0.306 e. The Morgan fingerprint density at radius 1 is 1.45 bits per heavy atom. The predicted octanol–water partition coefficient (Wildman–Crippen LogP) is 1.35. The second-order valence-electron chi connectivity index (χ2n) is 5.30. The summed E-state index contributed by atoms with van der Waals surface area (Å²) in [5.41, 5.74) is 1.75. The lowest BCUT2D eigenvalue weighted by atomic mass is 10.1. The highest BCUT2D eigenvalue weighted by Gasteiger charge is 2.22. The summed E-state index contributed by atoms with van der Waals surface area (Å²) < 4.78 is 14.7. The molecule has 8 heteroatoms. The van der Waals surface area contributed by atoms with Crippen molar-refractivity contribution in [3.8, 4) is 0 Å². The number of fused-ring (bicyclic) bond motifs is 1. The van der Waals surface area contributed by atoms with Gasteiger partial charge in [-0.15, -0.1) is 0 Å². The normalized spacial score (nSPS) is 14.9. The Balaban J connectivity index is 1.64. The summed E-state index contributed by atoms with van der Waals surface area (Å²) in [6, 6.07) is 4.66. The van der Waals surface area contributed by atoms with Gasteiger partial charge in [0.1, 0.15) is 18.2 Å². The van der Waals surface area contributed by atoms with Crippen molar-refractivity contribution in [3.05, 3.63) is 52.1 Å². The summed E-state index contributed by atoms with van der Waals surface area (Å²) in [4.78, 5) is 12.0. The van der Waals surface area contributed by atoms with E-state index in [9.17, 15) is 19.6 Å². The van der Waals surface area contributed by atoms with Gasteiger partial charge in [-0.2, -0.15) is 5.10 Å². The number of rotatable bonds is 5. The van der Waals surface area contributed by atoms with E-state index in [1.807, 2.05) is 4.90 Å². The number of hydrogen-bond donors (Lipinski definition) is 1. The monoisotopic (exact) mass is 306 g/mol. The van der Waals surface area contributed by atoms with E-state index >= 15 is 0 Å². The van der Waals surface area contributed by atoms with Gasteiger partial charge in [-0.3, -0.25) is 14.8 Å². The Labute approximate surface area is 125 Å². The van der Waals surface area contributed by atoms with E-state index in [0.29, 0.717) is 6.54 Å². The number of hydrogen-bond acceptors (Lipinski definition) is 5. The van der Waals surface area contributed by atoms with Gasteiger partial charge < -0.3 is 10.0 Å². The van der Waals surface area contributed by atoms with Crippen LogP contribution in [0.4, 0.5) is 15.8 Å². The summed E-state index contributed by atoms with van der Waals surface area (Å²) >= 11 is 0. The van der Waals surface area contributed by atoms with Crippen molar-refractivity contribution in [2.24, 2.45) is 0 Å². The Hall–Kier alpha value is -2.48. The van der Waals surface area contributed by atoms with E-state index in [2.05, 4.69) is 5.10 Å². The van der Waals surface area contributed by atoms with E-state index in [4.69, 9.17) is 0 Å². The molecule has 2 heterocycles. The number of nitro groups is 1. The standard InChI is InChI=1S/C14H15FN4O3/c15-11-2-1-10-3-4-17(14(10)5-11)8-13(20)9-18-7-12(6-16-18)19(21)22/h1-2,5-7,13,20H,3-4,8-9H2/t13-/m0/s1. The second-order valence-corrected chi connectivity index (χ2v) is 5.30. The average molecular weight is 306 g/mol. The molecule has 116 valence electrons. The molecule has 0 fully saturated rings. The molecule has 1 N–H and O–H groups in total. The number of anilines is 1. The molecule has 0 bridgehead atoms. The first-order valence-electron chi connectivity index (χ1n) is 6.91. The molecule has 1 aliphatic heterocycles. The van der Waals surface area contributed by atoms with Crippen LogP contribution in [0.1, 0.15) is 5.56 Å². The Kier molecular flexibility index (Phi) is 3.76. The van der Waals surface area contributed by atoms with Crippen LogP contribution in [0.5, 0.6) is 0 Å². The summed E-state index contributed by atoms with van der Waals surface area (Å²) in [6.45, 7) is 1.19. The first-order chi connectivity index (χ1) is 10.5. The molecule has 7 nitrogen and oxygen atoms in total. The molecule has 1 aromatic heterocycles.